The van der Waals surface area contributed by atoms with Crippen molar-refractivity contribution in [3.63, 3.8) is 0 Å². The highest BCUT2D eigenvalue weighted by Gasteiger charge is 2.32. The molecule has 2 aliphatic rings. The molecule has 1 unspecified atom stereocenters. The van der Waals surface area contributed by atoms with Gasteiger partial charge in [-0.3, -0.25) is 4.79 Å². The number of benzene rings is 1. The fourth-order valence-corrected chi connectivity index (χ4v) is 3.96. The molecule has 1 atom stereocenters. The molecule has 0 aliphatic carbocycles. The minimum absolute atomic E-state index is 0.0482. The van der Waals surface area contributed by atoms with Crippen molar-refractivity contribution < 1.29 is 14.3 Å². The van der Waals surface area contributed by atoms with Gasteiger partial charge in [0.2, 0.25) is 5.91 Å². The summed E-state index contributed by atoms with van der Waals surface area (Å²) in [5, 5.41) is 3.16. The highest BCUT2D eigenvalue weighted by Crippen LogP contribution is 2.27. The zero-order valence-electron chi connectivity index (χ0n) is 15.5. The molecule has 0 aromatic heterocycles. The van der Waals surface area contributed by atoms with Gasteiger partial charge in [0.15, 0.2) is 0 Å². The SMILES string of the molecule is COC(=O)C1CNCCN1C(=O)CCN1CCC(c2ccccc2)CC1. The van der Waals surface area contributed by atoms with E-state index in [0.717, 1.165) is 39.0 Å². The van der Waals surface area contributed by atoms with Crippen molar-refractivity contribution in [2.75, 3.05) is 46.4 Å². The number of piperidine rings is 1. The largest absolute Gasteiger partial charge is 0.467 e. The van der Waals surface area contributed by atoms with Gasteiger partial charge < -0.3 is 19.9 Å². The number of hydrogen-bond donors (Lipinski definition) is 1. The van der Waals surface area contributed by atoms with Crippen LogP contribution in [-0.2, 0) is 14.3 Å². The molecule has 1 aromatic rings. The molecule has 1 amide bonds. The van der Waals surface area contributed by atoms with E-state index in [9.17, 15) is 9.59 Å². The topological polar surface area (TPSA) is 61.9 Å². The van der Waals surface area contributed by atoms with Crippen LogP contribution < -0.4 is 5.32 Å². The predicted octanol–water partition coefficient (Wildman–Crippen LogP) is 1.23. The van der Waals surface area contributed by atoms with Crippen LogP contribution in [0.3, 0.4) is 0 Å². The molecule has 0 spiro atoms. The van der Waals surface area contributed by atoms with E-state index < -0.39 is 6.04 Å². The first kappa shape index (κ1) is 18.9. The molecule has 3 rings (SSSR count). The highest BCUT2D eigenvalue weighted by molar-refractivity contribution is 5.85. The Morgan fingerprint density at radius 1 is 1.15 bits per heavy atom. The van der Waals surface area contributed by atoms with Crippen molar-refractivity contribution in [3.8, 4) is 0 Å². The highest BCUT2D eigenvalue weighted by atomic mass is 16.5. The number of piperazine rings is 1. The molecule has 0 radical (unpaired) electrons. The number of esters is 1. The van der Waals surface area contributed by atoms with E-state index >= 15 is 0 Å². The van der Waals surface area contributed by atoms with Gasteiger partial charge >= 0.3 is 5.97 Å². The van der Waals surface area contributed by atoms with E-state index in [1.807, 2.05) is 0 Å². The number of nitrogens with one attached hydrogen (secondary N) is 1. The summed E-state index contributed by atoms with van der Waals surface area (Å²) in [6.07, 6.45) is 2.73. The lowest BCUT2D eigenvalue weighted by atomic mass is 9.89. The maximum absolute atomic E-state index is 12.6. The first-order valence-corrected chi connectivity index (χ1v) is 9.54. The minimum atomic E-state index is -0.495. The Hall–Kier alpha value is -1.92. The van der Waals surface area contributed by atoms with Crippen LogP contribution in [0.15, 0.2) is 30.3 Å². The molecular formula is C20H29N3O3. The number of nitrogens with zero attached hydrogens (tertiary/aromatic N) is 2. The summed E-state index contributed by atoms with van der Waals surface area (Å²) in [5.74, 6) is 0.335. The van der Waals surface area contributed by atoms with E-state index in [1.165, 1.54) is 12.7 Å². The van der Waals surface area contributed by atoms with Crippen LogP contribution in [0.4, 0.5) is 0 Å². The third-order valence-corrected chi connectivity index (χ3v) is 5.54. The Labute approximate surface area is 155 Å². The Morgan fingerprint density at radius 2 is 1.88 bits per heavy atom. The Kier molecular flexibility index (Phi) is 6.63. The monoisotopic (exact) mass is 359 g/mol. The van der Waals surface area contributed by atoms with Gasteiger partial charge in [-0.05, 0) is 37.4 Å². The number of carbonyl (C=O) groups is 2. The van der Waals surface area contributed by atoms with Gasteiger partial charge in [0.25, 0.3) is 0 Å². The number of carbonyl (C=O) groups excluding carboxylic acids is 2. The van der Waals surface area contributed by atoms with Gasteiger partial charge in [-0.1, -0.05) is 30.3 Å². The number of rotatable bonds is 5. The van der Waals surface area contributed by atoms with Crippen LogP contribution in [0.25, 0.3) is 0 Å². The van der Waals surface area contributed by atoms with Crippen LogP contribution in [0.5, 0.6) is 0 Å². The molecule has 6 heteroatoms. The van der Waals surface area contributed by atoms with Gasteiger partial charge in [0.05, 0.1) is 7.11 Å². The second-order valence-electron chi connectivity index (χ2n) is 7.11. The van der Waals surface area contributed by atoms with Crippen molar-refractivity contribution in [1.29, 1.82) is 0 Å². The van der Waals surface area contributed by atoms with Crippen molar-refractivity contribution in [2.24, 2.45) is 0 Å². The molecule has 2 fully saturated rings. The molecule has 1 aromatic carbocycles. The number of ether oxygens (including phenoxy) is 1. The zero-order valence-corrected chi connectivity index (χ0v) is 15.5. The predicted molar refractivity (Wildman–Crippen MR) is 99.9 cm³/mol. The minimum Gasteiger partial charge on any atom is -0.467 e. The first-order chi connectivity index (χ1) is 12.7. The van der Waals surface area contributed by atoms with Gasteiger partial charge in [0.1, 0.15) is 6.04 Å². The molecular weight excluding hydrogens is 330 g/mol. The quantitative estimate of drug-likeness (QED) is 0.802. The lowest BCUT2D eigenvalue weighted by molar-refractivity contribution is -0.154. The summed E-state index contributed by atoms with van der Waals surface area (Å²) < 4.78 is 4.84. The third kappa shape index (κ3) is 4.62. The summed E-state index contributed by atoms with van der Waals surface area (Å²) in [7, 11) is 1.37. The number of hydrogen-bond acceptors (Lipinski definition) is 5. The smallest absolute Gasteiger partial charge is 0.329 e. The Bertz CT molecular complexity index is 600. The Morgan fingerprint density at radius 3 is 2.58 bits per heavy atom. The average molecular weight is 359 g/mol. The molecule has 26 heavy (non-hydrogen) atoms. The number of amides is 1. The second kappa shape index (κ2) is 9.14. The van der Waals surface area contributed by atoms with Gasteiger partial charge in [0, 0.05) is 32.6 Å². The Balaban J connectivity index is 1.45. The summed E-state index contributed by atoms with van der Waals surface area (Å²) in [6.45, 7) is 4.57. The summed E-state index contributed by atoms with van der Waals surface area (Å²) >= 11 is 0. The number of methoxy groups -OCH3 is 1. The van der Waals surface area contributed by atoms with Crippen molar-refractivity contribution in [1.82, 2.24) is 15.1 Å². The van der Waals surface area contributed by atoms with Gasteiger partial charge in [-0.25, -0.2) is 4.79 Å². The fourth-order valence-electron chi connectivity index (χ4n) is 3.96. The maximum atomic E-state index is 12.6. The second-order valence-corrected chi connectivity index (χ2v) is 7.11. The molecule has 2 saturated heterocycles. The lowest BCUT2D eigenvalue weighted by Crippen LogP contribution is -2.57. The van der Waals surface area contributed by atoms with Crippen molar-refractivity contribution in [3.05, 3.63) is 35.9 Å². The third-order valence-electron chi connectivity index (χ3n) is 5.54. The molecule has 0 saturated carbocycles. The van der Waals surface area contributed by atoms with E-state index in [2.05, 4.69) is 40.5 Å². The number of likely N-dealkylation sites (tertiary alicyclic amines) is 1. The van der Waals surface area contributed by atoms with Crippen LogP contribution in [-0.4, -0.2) is 74.1 Å². The van der Waals surface area contributed by atoms with Gasteiger partial charge in [-0.15, -0.1) is 0 Å². The molecule has 142 valence electrons. The normalized spacial score (nSPS) is 22.2. The van der Waals surface area contributed by atoms with Gasteiger partial charge in [-0.2, -0.15) is 0 Å². The standard InChI is InChI=1S/C20H29N3O3/c1-26-20(25)18-15-21-10-14-23(18)19(24)9-13-22-11-7-17(8-12-22)16-5-3-2-4-6-16/h2-6,17-18,21H,7-15H2,1H3. The molecule has 2 aliphatic heterocycles. The van der Waals surface area contributed by atoms with E-state index in [0.29, 0.717) is 25.4 Å². The summed E-state index contributed by atoms with van der Waals surface area (Å²) in [5.41, 5.74) is 1.42. The molecule has 0 bridgehead atoms. The van der Waals surface area contributed by atoms with Crippen molar-refractivity contribution >= 4 is 11.9 Å². The lowest BCUT2D eigenvalue weighted by Gasteiger charge is -2.36. The van der Waals surface area contributed by atoms with Crippen LogP contribution in [0, 0.1) is 0 Å². The molecule has 1 N–H and O–H groups in total. The fraction of sp³-hybridized carbons (Fsp3) is 0.600. The van der Waals surface area contributed by atoms with E-state index in [-0.39, 0.29) is 11.9 Å². The van der Waals surface area contributed by atoms with Crippen LogP contribution in [0.2, 0.25) is 0 Å². The van der Waals surface area contributed by atoms with Crippen molar-refractivity contribution in [2.45, 2.75) is 31.2 Å². The van der Waals surface area contributed by atoms with Crippen LogP contribution >= 0.6 is 0 Å². The maximum Gasteiger partial charge on any atom is 0.329 e. The van der Waals surface area contributed by atoms with E-state index in [4.69, 9.17) is 4.74 Å². The van der Waals surface area contributed by atoms with E-state index in [1.54, 1.807) is 4.90 Å². The summed E-state index contributed by atoms with van der Waals surface area (Å²) in [6, 6.07) is 10.2. The van der Waals surface area contributed by atoms with Crippen LogP contribution in [0.1, 0.15) is 30.7 Å². The molecule has 2 heterocycles. The average Bonchev–Trinajstić information content (AvgIpc) is 2.72. The zero-order chi connectivity index (χ0) is 18.4. The summed E-state index contributed by atoms with van der Waals surface area (Å²) in [4.78, 5) is 28.6. The first-order valence-electron chi connectivity index (χ1n) is 9.54. The molecule has 6 nitrogen and oxygen atoms in total.